The second kappa shape index (κ2) is 4.15. The highest BCUT2D eigenvalue weighted by atomic mass is 15.3. The lowest BCUT2D eigenvalue weighted by Gasteiger charge is -2.17. The van der Waals surface area contributed by atoms with Crippen LogP contribution in [-0.2, 0) is 19.0 Å². The Morgan fingerprint density at radius 3 is 2.44 bits per heavy atom. The third-order valence-corrected chi connectivity index (χ3v) is 3.04. The van der Waals surface area contributed by atoms with E-state index in [0.29, 0.717) is 5.82 Å². The molecule has 2 aromatic heterocycles. The van der Waals surface area contributed by atoms with E-state index in [9.17, 15) is 0 Å². The van der Waals surface area contributed by atoms with Gasteiger partial charge in [-0.25, -0.2) is 4.98 Å². The van der Waals surface area contributed by atoms with E-state index in [1.807, 2.05) is 28.7 Å². The van der Waals surface area contributed by atoms with E-state index in [2.05, 4.69) is 37.8 Å². The summed E-state index contributed by atoms with van der Waals surface area (Å²) in [6, 6.07) is 0. The lowest BCUT2D eigenvalue weighted by atomic mass is 9.96. The number of nitrogens with two attached hydrogens (primary N) is 1. The van der Waals surface area contributed by atoms with E-state index < -0.39 is 0 Å². The number of nitrogen functional groups attached to an aromatic ring is 1. The van der Waals surface area contributed by atoms with Crippen LogP contribution in [0, 0.1) is 0 Å². The van der Waals surface area contributed by atoms with Gasteiger partial charge in [0.1, 0.15) is 17.3 Å². The van der Waals surface area contributed by atoms with Crippen molar-refractivity contribution in [1.82, 2.24) is 19.3 Å². The van der Waals surface area contributed by atoms with Gasteiger partial charge in [-0.15, -0.1) is 0 Å². The van der Waals surface area contributed by atoms with Crippen LogP contribution < -0.4 is 5.73 Å². The van der Waals surface area contributed by atoms with Gasteiger partial charge in [-0.2, -0.15) is 5.10 Å². The Bertz CT molecular complexity index is 556. The molecule has 2 rings (SSSR count). The molecule has 0 saturated heterocycles. The second-order valence-electron chi connectivity index (χ2n) is 5.56. The van der Waals surface area contributed by atoms with E-state index in [1.54, 1.807) is 0 Å². The van der Waals surface area contributed by atoms with Crippen LogP contribution in [0.25, 0.3) is 11.3 Å². The second-order valence-corrected chi connectivity index (χ2v) is 5.56. The first-order valence-electron chi connectivity index (χ1n) is 6.20. The molecule has 2 N–H and O–H groups in total. The van der Waals surface area contributed by atoms with Gasteiger partial charge in [-0.3, -0.25) is 4.68 Å². The molecular formula is C13H21N5. The van der Waals surface area contributed by atoms with Crippen LogP contribution in [0.1, 0.15) is 33.5 Å². The molecule has 2 aromatic rings. The average Bonchev–Trinajstić information content (AvgIpc) is 2.85. The molecule has 5 nitrogen and oxygen atoms in total. The molecule has 98 valence electrons. The molecule has 5 heteroatoms. The summed E-state index contributed by atoms with van der Waals surface area (Å²) in [5.41, 5.74) is 7.91. The molecule has 0 aliphatic heterocycles. The zero-order chi connectivity index (χ0) is 13.5. The van der Waals surface area contributed by atoms with Gasteiger partial charge >= 0.3 is 0 Å². The van der Waals surface area contributed by atoms with Crippen LogP contribution in [0.3, 0.4) is 0 Å². The molecule has 0 unspecified atom stereocenters. The van der Waals surface area contributed by atoms with Gasteiger partial charge in [0.15, 0.2) is 0 Å². The Balaban J connectivity index is 2.52. The van der Waals surface area contributed by atoms with Gasteiger partial charge in [0.05, 0.1) is 6.20 Å². The van der Waals surface area contributed by atoms with E-state index in [1.165, 1.54) is 0 Å². The van der Waals surface area contributed by atoms with Crippen LogP contribution in [-0.4, -0.2) is 19.3 Å². The molecule has 2 heterocycles. The predicted molar refractivity (Wildman–Crippen MR) is 73.2 cm³/mol. The first-order valence-corrected chi connectivity index (χ1v) is 6.20. The van der Waals surface area contributed by atoms with E-state index in [4.69, 9.17) is 5.73 Å². The molecule has 0 amide bonds. The molecule has 0 radical (unpaired) electrons. The summed E-state index contributed by atoms with van der Waals surface area (Å²) >= 11 is 0. The van der Waals surface area contributed by atoms with E-state index in [0.717, 1.165) is 23.6 Å². The molecule has 0 aliphatic rings. The quantitative estimate of drug-likeness (QED) is 0.884. The number of hydrogen-bond acceptors (Lipinski definition) is 3. The van der Waals surface area contributed by atoms with E-state index >= 15 is 0 Å². The van der Waals surface area contributed by atoms with Crippen molar-refractivity contribution in [2.75, 3.05) is 5.73 Å². The number of nitrogens with zero attached hydrogens (tertiary/aromatic N) is 4. The summed E-state index contributed by atoms with van der Waals surface area (Å²) in [4.78, 5) is 4.68. The molecule has 0 aliphatic carbocycles. The van der Waals surface area contributed by atoms with Gasteiger partial charge in [-0.1, -0.05) is 20.8 Å². The Labute approximate surface area is 108 Å². The van der Waals surface area contributed by atoms with E-state index in [-0.39, 0.29) is 5.41 Å². The van der Waals surface area contributed by atoms with Gasteiger partial charge in [0.2, 0.25) is 0 Å². The minimum atomic E-state index is -0.0259. The highest BCUT2D eigenvalue weighted by Gasteiger charge is 2.24. The van der Waals surface area contributed by atoms with Crippen molar-refractivity contribution < 1.29 is 0 Å². The molecule has 0 bridgehead atoms. The van der Waals surface area contributed by atoms with Crippen molar-refractivity contribution in [3.63, 3.8) is 0 Å². The third-order valence-electron chi connectivity index (χ3n) is 3.04. The summed E-state index contributed by atoms with van der Waals surface area (Å²) in [5, 5.41) is 4.27. The molecule has 0 fully saturated rings. The molecule has 0 atom stereocenters. The monoisotopic (exact) mass is 247 g/mol. The Kier molecular flexibility index (Phi) is 2.92. The standard InChI is InChI=1S/C13H21N5/c1-6-18-8-9(7-15-18)10-11(14)17(5)12(16-10)13(2,3)4/h7-8H,6,14H2,1-5H3. The number of anilines is 1. The minimum absolute atomic E-state index is 0.0259. The predicted octanol–water partition coefficient (Wildman–Crippen LogP) is 2.18. The average molecular weight is 247 g/mol. The highest BCUT2D eigenvalue weighted by Crippen LogP contribution is 2.30. The summed E-state index contributed by atoms with van der Waals surface area (Å²) in [6.45, 7) is 9.30. The fraction of sp³-hybridized carbons (Fsp3) is 0.538. The number of aromatic nitrogens is 4. The number of imidazole rings is 1. The Morgan fingerprint density at radius 1 is 1.33 bits per heavy atom. The third kappa shape index (κ3) is 2.00. The molecule has 18 heavy (non-hydrogen) atoms. The van der Waals surface area contributed by atoms with Crippen molar-refractivity contribution in [3.05, 3.63) is 18.2 Å². The topological polar surface area (TPSA) is 61.7 Å². The van der Waals surface area contributed by atoms with Crippen molar-refractivity contribution in [1.29, 1.82) is 0 Å². The lowest BCUT2D eigenvalue weighted by molar-refractivity contribution is 0.524. The van der Waals surface area contributed by atoms with Gasteiger partial charge in [0.25, 0.3) is 0 Å². The van der Waals surface area contributed by atoms with Crippen LogP contribution in [0.5, 0.6) is 0 Å². The first kappa shape index (κ1) is 12.7. The largest absolute Gasteiger partial charge is 0.383 e. The molecule has 0 aromatic carbocycles. The number of rotatable bonds is 2. The zero-order valence-corrected chi connectivity index (χ0v) is 11.7. The molecule has 0 spiro atoms. The lowest BCUT2D eigenvalue weighted by Crippen LogP contribution is -2.17. The molecular weight excluding hydrogens is 226 g/mol. The zero-order valence-electron chi connectivity index (χ0n) is 11.7. The summed E-state index contributed by atoms with van der Waals surface area (Å²) in [5.74, 6) is 1.68. The fourth-order valence-electron chi connectivity index (χ4n) is 2.05. The maximum atomic E-state index is 6.15. The Hall–Kier alpha value is -1.78. The van der Waals surface area contributed by atoms with Crippen molar-refractivity contribution in [2.24, 2.45) is 7.05 Å². The number of aryl methyl sites for hydroxylation is 1. The highest BCUT2D eigenvalue weighted by molar-refractivity contribution is 5.70. The van der Waals surface area contributed by atoms with Crippen LogP contribution in [0.4, 0.5) is 5.82 Å². The normalized spacial score (nSPS) is 12.1. The SMILES string of the molecule is CCn1cc(-c2nc(C(C)(C)C)n(C)c2N)cn1. The summed E-state index contributed by atoms with van der Waals surface area (Å²) in [7, 11) is 1.96. The Morgan fingerprint density at radius 2 is 2.00 bits per heavy atom. The van der Waals surface area contributed by atoms with Crippen molar-refractivity contribution >= 4 is 5.82 Å². The van der Waals surface area contributed by atoms with Crippen molar-refractivity contribution in [3.8, 4) is 11.3 Å². The fourth-order valence-corrected chi connectivity index (χ4v) is 2.05. The maximum Gasteiger partial charge on any atom is 0.131 e. The first-order chi connectivity index (χ1) is 8.34. The summed E-state index contributed by atoms with van der Waals surface area (Å²) < 4.78 is 3.83. The minimum Gasteiger partial charge on any atom is -0.383 e. The van der Waals surface area contributed by atoms with Crippen LogP contribution in [0.2, 0.25) is 0 Å². The van der Waals surface area contributed by atoms with Gasteiger partial charge in [0, 0.05) is 30.8 Å². The smallest absolute Gasteiger partial charge is 0.131 e. The van der Waals surface area contributed by atoms with Gasteiger partial charge < -0.3 is 10.3 Å². The van der Waals surface area contributed by atoms with Crippen LogP contribution in [0.15, 0.2) is 12.4 Å². The van der Waals surface area contributed by atoms with Crippen molar-refractivity contribution in [2.45, 2.75) is 39.7 Å². The number of hydrogen-bond donors (Lipinski definition) is 1. The van der Waals surface area contributed by atoms with Gasteiger partial charge in [-0.05, 0) is 6.92 Å². The molecule has 0 saturated carbocycles. The summed E-state index contributed by atoms with van der Waals surface area (Å²) in [6.07, 6.45) is 3.79. The van der Waals surface area contributed by atoms with Crippen LogP contribution >= 0.6 is 0 Å². The maximum absolute atomic E-state index is 6.15.